The Morgan fingerprint density at radius 2 is 1.95 bits per heavy atom. The lowest BCUT2D eigenvalue weighted by molar-refractivity contribution is -0.122. The maximum absolute atomic E-state index is 11.4. The first-order chi connectivity index (χ1) is 9.65. The number of hydrogen-bond donors (Lipinski definition) is 2. The molecule has 7 nitrogen and oxygen atoms in total. The van der Waals surface area contributed by atoms with E-state index in [4.69, 9.17) is 25.2 Å². The Morgan fingerprint density at radius 3 is 2.40 bits per heavy atom. The lowest BCUT2D eigenvalue weighted by Crippen LogP contribution is -2.29. The van der Waals surface area contributed by atoms with Gasteiger partial charge in [0.1, 0.15) is 6.54 Å². The Labute approximate surface area is 117 Å². The minimum absolute atomic E-state index is 0.0669. The first-order valence-electron chi connectivity index (χ1n) is 5.87. The van der Waals surface area contributed by atoms with Crippen LogP contribution in [0.25, 0.3) is 0 Å². The van der Waals surface area contributed by atoms with E-state index in [1.54, 1.807) is 18.2 Å². The summed E-state index contributed by atoms with van der Waals surface area (Å²) in [4.78, 5) is 11.4. The number of nitrogens with one attached hydrogen (secondary N) is 1. The quantitative estimate of drug-likeness (QED) is 0.690. The molecule has 0 bridgehead atoms. The summed E-state index contributed by atoms with van der Waals surface area (Å²) in [6.07, 6.45) is 0. The number of amides is 1. The molecule has 0 radical (unpaired) electrons. The van der Waals surface area contributed by atoms with Gasteiger partial charge in [-0.1, -0.05) is 0 Å². The zero-order chi connectivity index (χ0) is 15.0. The van der Waals surface area contributed by atoms with Crippen LogP contribution < -0.4 is 25.3 Å². The van der Waals surface area contributed by atoms with Crippen LogP contribution in [-0.2, 0) is 11.3 Å². The predicted molar refractivity (Wildman–Crippen MR) is 71.6 cm³/mol. The van der Waals surface area contributed by atoms with Crippen LogP contribution in [0.15, 0.2) is 12.1 Å². The van der Waals surface area contributed by atoms with Crippen molar-refractivity contribution >= 4 is 5.91 Å². The van der Waals surface area contributed by atoms with Gasteiger partial charge < -0.3 is 25.3 Å². The molecule has 0 spiro atoms. The summed E-state index contributed by atoms with van der Waals surface area (Å²) in [7, 11) is 2.97. The number of carbonyl (C=O) groups is 1. The highest BCUT2D eigenvalue weighted by atomic mass is 16.5. The minimum atomic E-state index is -0.404. The van der Waals surface area contributed by atoms with Gasteiger partial charge in [0.05, 0.1) is 20.3 Å². The number of benzene rings is 1. The van der Waals surface area contributed by atoms with Crippen LogP contribution in [0.2, 0.25) is 0 Å². The normalized spacial score (nSPS) is 9.50. The number of nitrogens with zero attached hydrogens (tertiary/aromatic N) is 1. The van der Waals surface area contributed by atoms with E-state index in [0.717, 1.165) is 5.56 Å². The average Bonchev–Trinajstić information content (AvgIpc) is 2.49. The van der Waals surface area contributed by atoms with E-state index in [-0.39, 0.29) is 13.2 Å². The largest absolute Gasteiger partial charge is 0.493 e. The van der Waals surface area contributed by atoms with E-state index < -0.39 is 5.91 Å². The highest BCUT2D eigenvalue weighted by molar-refractivity contribution is 5.78. The monoisotopic (exact) mass is 279 g/mol. The molecule has 0 unspecified atom stereocenters. The SMILES string of the molecule is COc1cc(CN)cc(OC)c1OCC(=O)NCC#N. The second kappa shape index (κ2) is 7.86. The number of carbonyl (C=O) groups excluding carboxylic acids is 1. The Kier molecular flexibility index (Phi) is 6.13. The maximum Gasteiger partial charge on any atom is 0.258 e. The van der Waals surface area contributed by atoms with Crippen molar-refractivity contribution in [3.05, 3.63) is 17.7 Å². The second-order valence-electron chi connectivity index (χ2n) is 3.76. The molecule has 0 saturated heterocycles. The van der Waals surface area contributed by atoms with Gasteiger partial charge >= 0.3 is 0 Å². The fraction of sp³-hybridized carbons (Fsp3) is 0.385. The molecule has 7 heteroatoms. The number of ether oxygens (including phenoxy) is 3. The molecule has 1 aromatic rings. The summed E-state index contributed by atoms with van der Waals surface area (Å²) >= 11 is 0. The van der Waals surface area contributed by atoms with Crippen molar-refractivity contribution in [3.8, 4) is 23.3 Å². The molecule has 0 atom stereocenters. The van der Waals surface area contributed by atoms with Crippen molar-refractivity contribution in [1.29, 1.82) is 5.26 Å². The van der Waals surface area contributed by atoms with E-state index in [0.29, 0.717) is 23.8 Å². The van der Waals surface area contributed by atoms with Crippen LogP contribution in [0, 0.1) is 11.3 Å². The zero-order valence-electron chi connectivity index (χ0n) is 11.4. The van der Waals surface area contributed by atoms with Crippen LogP contribution in [-0.4, -0.2) is 33.3 Å². The maximum atomic E-state index is 11.4. The smallest absolute Gasteiger partial charge is 0.258 e. The van der Waals surface area contributed by atoms with Gasteiger partial charge in [0.2, 0.25) is 5.75 Å². The van der Waals surface area contributed by atoms with Gasteiger partial charge in [-0.3, -0.25) is 4.79 Å². The molecule has 0 saturated carbocycles. The standard InChI is InChI=1S/C13H17N3O4/c1-18-10-5-9(7-15)6-11(19-2)13(10)20-8-12(17)16-4-3-14/h5-6H,4,7-8,15H2,1-2H3,(H,16,17). The topological polar surface area (TPSA) is 107 Å². The molecule has 1 aromatic carbocycles. The summed E-state index contributed by atoms with van der Waals surface area (Å²) in [5, 5.41) is 10.7. The number of nitrogens with two attached hydrogens (primary N) is 1. The molecule has 0 fully saturated rings. The summed E-state index contributed by atoms with van der Waals surface area (Å²) in [5.41, 5.74) is 6.40. The Bertz CT molecular complexity index is 486. The summed E-state index contributed by atoms with van der Waals surface area (Å²) < 4.78 is 15.8. The van der Waals surface area contributed by atoms with Gasteiger partial charge in [0.15, 0.2) is 18.1 Å². The van der Waals surface area contributed by atoms with Crippen molar-refractivity contribution in [3.63, 3.8) is 0 Å². The highest BCUT2D eigenvalue weighted by Gasteiger charge is 2.15. The molecule has 108 valence electrons. The van der Waals surface area contributed by atoms with E-state index in [9.17, 15) is 4.79 Å². The first-order valence-corrected chi connectivity index (χ1v) is 5.87. The van der Waals surface area contributed by atoms with Gasteiger partial charge in [-0.2, -0.15) is 5.26 Å². The molecular formula is C13H17N3O4. The van der Waals surface area contributed by atoms with Crippen molar-refractivity contribution < 1.29 is 19.0 Å². The molecule has 0 aromatic heterocycles. The molecule has 3 N–H and O–H groups in total. The Morgan fingerprint density at radius 1 is 1.35 bits per heavy atom. The zero-order valence-corrected chi connectivity index (χ0v) is 11.4. The molecule has 0 aliphatic heterocycles. The third-order valence-electron chi connectivity index (χ3n) is 2.47. The molecule has 0 aliphatic carbocycles. The van der Waals surface area contributed by atoms with Crippen LogP contribution in [0.5, 0.6) is 17.2 Å². The second-order valence-corrected chi connectivity index (χ2v) is 3.76. The molecule has 1 amide bonds. The number of nitriles is 1. The predicted octanol–water partition coefficient (Wildman–Crippen LogP) is 0.181. The van der Waals surface area contributed by atoms with Crippen molar-refractivity contribution in [2.24, 2.45) is 5.73 Å². The Balaban J connectivity index is 2.87. The number of methoxy groups -OCH3 is 2. The van der Waals surface area contributed by atoms with Crippen molar-refractivity contribution in [2.75, 3.05) is 27.4 Å². The van der Waals surface area contributed by atoms with E-state index >= 15 is 0 Å². The third kappa shape index (κ3) is 4.03. The van der Waals surface area contributed by atoms with E-state index in [2.05, 4.69) is 5.32 Å². The third-order valence-corrected chi connectivity index (χ3v) is 2.47. The average molecular weight is 279 g/mol. The van der Waals surface area contributed by atoms with Gasteiger partial charge in [0, 0.05) is 6.54 Å². The van der Waals surface area contributed by atoms with Crippen molar-refractivity contribution in [2.45, 2.75) is 6.54 Å². The lowest BCUT2D eigenvalue weighted by Gasteiger charge is -2.15. The van der Waals surface area contributed by atoms with Crippen LogP contribution in [0.4, 0.5) is 0 Å². The van der Waals surface area contributed by atoms with Gasteiger partial charge in [0.25, 0.3) is 5.91 Å². The van der Waals surface area contributed by atoms with Gasteiger partial charge in [-0.05, 0) is 17.7 Å². The van der Waals surface area contributed by atoms with Crippen LogP contribution >= 0.6 is 0 Å². The summed E-state index contributed by atoms with van der Waals surface area (Å²) in [6.45, 7) is 0.0224. The fourth-order valence-electron chi connectivity index (χ4n) is 1.52. The van der Waals surface area contributed by atoms with Crippen LogP contribution in [0.1, 0.15) is 5.56 Å². The fourth-order valence-corrected chi connectivity index (χ4v) is 1.52. The van der Waals surface area contributed by atoms with Crippen molar-refractivity contribution in [1.82, 2.24) is 5.32 Å². The molecular weight excluding hydrogens is 262 g/mol. The highest BCUT2D eigenvalue weighted by Crippen LogP contribution is 2.38. The Hall–Kier alpha value is -2.46. The molecule has 0 aliphatic rings. The molecule has 0 heterocycles. The van der Waals surface area contributed by atoms with Gasteiger partial charge in [-0.25, -0.2) is 0 Å². The first kappa shape index (κ1) is 15.6. The van der Waals surface area contributed by atoms with E-state index in [1.807, 2.05) is 0 Å². The minimum Gasteiger partial charge on any atom is -0.493 e. The molecule has 1 rings (SSSR count). The molecule has 20 heavy (non-hydrogen) atoms. The van der Waals surface area contributed by atoms with Crippen LogP contribution in [0.3, 0.4) is 0 Å². The van der Waals surface area contributed by atoms with Gasteiger partial charge in [-0.15, -0.1) is 0 Å². The lowest BCUT2D eigenvalue weighted by atomic mass is 10.2. The summed E-state index contributed by atoms with van der Waals surface area (Å²) in [5.74, 6) is 0.772. The summed E-state index contributed by atoms with van der Waals surface area (Å²) in [6, 6.07) is 5.23. The van der Waals surface area contributed by atoms with E-state index in [1.165, 1.54) is 14.2 Å². The number of rotatable bonds is 7. The number of hydrogen-bond acceptors (Lipinski definition) is 6.